The molecule has 5 nitrogen and oxygen atoms in total. The molecule has 2 N–H and O–H groups in total. The van der Waals surface area contributed by atoms with Crippen molar-refractivity contribution >= 4 is 28.8 Å². The third-order valence-electron chi connectivity index (χ3n) is 3.49. The number of thiazole rings is 1. The lowest BCUT2D eigenvalue weighted by molar-refractivity contribution is -0.115. The van der Waals surface area contributed by atoms with Gasteiger partial charge in [0.1, 0.15) is 15.7 Å². The molecule has 0 unspecified atom stereocenters. The van der Waals surface area contributed by atoms with E-state index < -0.39 is 0 Å². The Hall–Kier alpha value is -2.28. The second-order valence-electron chi connectivity index (χ2n) is 6.31. The summed E-state index contributed by atoms with van der Waals surface area (Å²) in [5.41, 5.74) is 1.53. The van der Waals surface area contributed by atoms with Crippen LogP contribution >= 0.6 is 11.3 Å². The van der Waals surface area contributed by atoms with Crippen molar-refractivity contribution in [3.63, 3.8) is 0 Å². The van der Waals surface area contributed by atoms with E-state index in [4.69, 9.17) is 0 Å². The van der Waals surface area contributed by atoms with Crippen LogP contribution in [-0.4, -0.2) is 23.3 Å². The highest BCUT2D eigenvalue weighted by Gasteiger charge is 2.17. The van der Waals surface area contributed by atoms with Crippen LogP contribution in [0.25, 0.3) is 0 Å². The molecule has 2 aromatic rings. The van der Waals surface area contributed by atoms with Gasteiger partial charge in [0.25, 0.3) is 5.91 Å². The van der Waals surface area contributed by atoms with Crippen molar-refractivity contribution in [3.8, 4) is 0 Å². The first-order valence-electron chi connectivity index (χ1n) is 8.06. The van der Waals surface area contributed by atoms with Crippen LogP contribution in [0.3, 0.4) is 0 Å². The van der Waals surface area contributed by atoms with E-state index in [1.165, 1.54) is 17.4 Å². The summed E-state index contributed by atoms with van der Waals surface area (Å²) >= 11 is 1.21. The van der Waals surface area contributed by atoms with Crippen LogP contribution in [-0.2, 0) is 11.2 Å². The second kappa shape index (κ2) is 8.20. The van der Waals surface area contributed by atoms with E-state index in [1.54, 1.807) is 26.0 Å². The number of carbonyl (C=O) groups is 2. The molecule has 0 spiro atoms. The molecule has 25 heavy (non-hydrogen) atoms. The van der Waals surface area contributed by atoms with Gasteiger partial charge in [-0.05, 0) is 37.5 Å². The first-order valence-corrected chi connectivity index (χ1v) is 8.88. The second-order valence-corrected chi connectivity index (χ2v) is 7.40. The Morgan fingerprint density at radius 3 is 2.64 bits per heavy atom. The Kier molecular flexibility index (Phi) is 6.25. The maximum absolute atomic E-state index is 13.5. The number of rotatable bonds is 6. The van der Waals surface area contributed by atoms with E-state index in [-0.39, 0.29) is 24.1 Å². The normalized spacial score (nSPS) is 10.8. The number of aromatic nitrogens is 1. The molecule has 0 fully saturated rings. The number of hydrogen-bond acceptors (Lipinski definition) is 4. The predicted octanol–water partition coefficient (Wildman–Crippen LogP) is 3.47. The van der Waals surface area contributed by atoms with Crippen molar-refractivity contribution in [1.29, 1.82) is 0 Å². The molecule has 134 valence electrons. The zero-order valence-electron chi connectivity index (χ0n) is 14.8. The first kappa shape index (κ1) is 19.1. The SMILES string of the molecule is Cc1ccc(NC(=O)Cc2nc(C)c(C(=O)NCC(C)C)s2)cc1F. The zero-order valence-corrected chi connectivity index (χ0v) is 15.6. The van der Waals surface area contributed by atoms with Gasteiger partial charge in [-0.25, -0.2) is 9.37 Å². The molecule has 1 aromatic heterocycles. The lowest BCUT2D eigenvalue weighted by Crippen LogP contribution is -2.27. The molecular weight excluding hydrogens is 341 g/mol. The van der Waals surface area contributed by atoms with Gasteiger partial charge in [-0.1, -0.05) is 19.9 Å². The number of benzene rings is 1. The van der Waals surface area contributed by atoms with Crippen LogP contribution in [0.5, 0.6) is 0 Å². The van der Waals surface area contributed by atoms with Gasteiger partial charge in [0, 0.05) is 12.2 Å². The molecular formula is C18H22FN3O2S. The molecule has 1 aromatic carbocycles. The predicted molar refractivity (Wildman–Crippen MR) is 97.5 cm³/mol. The van der Waals surface area contributed by atoms with E-state index in [1.807, 2.05) is 13.8 Å². The molecule has 0 bridgehead atoms. The van der Waals surface area contributed by atoms with Crippen LogP contribution in [0.15, 0.2) is 18.2 Å². The van der Waals surface area contributed by atoms with E-state index in [0.29, 0.717) is 39.3 Å². The molecule has 0 atom stereocenters. The van der Waals surface area contributed by atoms with Crippen molar-refractivity contribution in [2.45, 2.75) is 34.1 Å². The van der Waals surface area contributed by atoms with Crippen LogP contribution in [0.4, 0.5) is 10.1 Å². The van der Waals surface area contributed by atoms with Crippen LogP contribution in [0, 0.1) is 25.6 Å². The van der Waals surface area contributed by atoms with Gasteiger partial charge < -0.3 is 10.6 Å². The number of amides is 2. The van der Waals surface area contributed by atoms with Crippen molar-refractivity contribution < 1.29 is 14.0 Å². The summed E-state index contributed by atoms with van der Waals surface area (Å²) in [5.74, 6) is -0.480. The van der Waals surface area contributed by atoms with Gasteiger partial charge in [0.2, 0.25) is 5.91 Å². The number of anilines is 1. The maximum Gasteiger partial charge on any atom is 0.263 e. The Labute approximate surface area is 150 Å². The minimum Gasteiger partial charge on any atom is -0.351 e. The summed E-state index contributed by atoms with van der Waals surface area (Å²) in [5, 5.41) is 6.04. The number of aryl methyl sites for hydroxylation is 2. The van der Waals surface area contributed by atoms with Crippen molar-refractivity contribution in [1.82, 2.24) is 10.3 Å². The molecule has 1 heterocycles. The average Bonchev–Trinajstić information content (AvgIpc) is 2.89. The summed E-state index contributed by atoms with van der Waals surface area (Å²) in [6.07, 6.45) is 0.0401. The maximum atomic E-state index is 13.5. The van der Waals surface area contributed by atoms with Gasteiger partial charge in [0.05, 0.1) is 12.1 Å². The smallest absolute Gasteiger partial charge is 0.263 e. The van der Waals surface area contributed by atoms with Gasteiger partial charge in [-0.2, -0.15) is 0 Å². The molecule has 7 heteroatoms. The third kappa shape index (κ3) is 5.35. The largest absolute Gasteiger partial charge is 0.351 e. The van der Waals surface area contributed by atoms with Gasteiger partial charge in [0.15, 0.2) is 0 Å². The standard InChI is InChI=1S/C18H22FN3O2S/c1-10(2)9-20-18(24)17-12(4)21-16(25-17)8-15(23)22-13-6-5-11(3)14(19)7-13/h5-7,10H,8-9H2,1-4H3,(H,20,24)(H,22,23). The molecule has 0 aliphatic rings. The summed E-state index contributed by atoms with van der Waals surface area (Å²) in [6.45, 7) is 8.03. The Morgan fingerprint density at radius 1 is 1.28 bits per heavy atom. The minimum absolute atomic E-state index is 0.0401. The highest BCUT2D eigenvalue weighted by atomic mass is 32.1. The van der Waals surface area contributed by atoms with Crippen molar-refractivity contribution in [2.75, 3.05) is 11.9 Å². The van der Waals surface area contributed by atoms with Crippen LogP contribution in [0.2, 0.25) is 0 Å². The number of halogens is 1. The van der Waals surface area contributed by atoms with Crippen LogP contribution in [0.1, 0.15) is 39.8 Å². The van der Waals surface area contributed by atoms with Gasteiger partial charge in [-0.3, -0.25) is 9.59 Å². The molecule has 2 rings (SSSR count). The van der Waals surface area contributed by atoms with E-state index in [0.717, 1.165) is 0 Å². The third-order valence-corrected chi connectivity index (χ3v) is 4.64. The number of hydrogen-bond donors (Lipinski definition) is 2. The van der Waals surface area contributed by atoms with Gasteiger partial charge in [-0.15, -0.1) is 11.3 Å². The number of carbonyl (C=O) groups excluding carboxylic acids is 2. The van der Waals surface area contributed by atoms with E-state index in [9.17, 15) is 14.0 Å². The lowest BCUT2D eigenvalue weighted by Gasteiger charge is -2.06. The molecule has 0 aliphatic heterocycles. The first-order chi connectivity index (χ1) is 11.8. The zero-order chi connectivity index (χ0) is 18.6. The quantitative estimate of drug-likeness (QED) is 0.826. The summed E-state index contributed by atoms with van der Waals surface area (Å²) in [6, 6.07) is 4.54. The molecule has 0 radical (unpaired) electrons. The minimum atomic E-state index is -0.369. The Bertz CT molecular complexity index is 787. The summed E-state index contributed by atoms with van der Waals surface area (Å²) < 4.78 is 13.5. The Morgan fingerprint density at radius 2 is 2.00 bits per heavy atom. The highest BCUT2D eigenvalue weighted by Crippen LogP contribution is 2.20. The molecule has 0 saturated carbocycles. The molecule has 0 saturated heterocycles. The average molecular weight is 363 g/mol. The Balaban J connectivity index is 2.00. The van der Waals surface area contributed by atoms with Crippen LogP contribution < -0.4 is 10.6 Å². The fourth-order valence-corrected chi connectivity index (χ4v) is 3.11. The highest BCUT2D eigenvalue weighted by molar-refractivity contribution is 7.13. The van der Waals surface area contributed by atoms with Crippen molar-refractivity contribution in [2.24, 2.45) is 5.92 Å². The number of nitrogens with one attached hydrogen (secondary N) is 2. The summed E-state index contributed by atoms with van der Waals surface area (Å²) in [7, 11) is 0. The number of nitrogens with zero attached hydrogens (tertiary/aromatic N) is 1. The van der Waals surface area contributed by atoms with Gasteiger partial charge >= 0.3 is 0 Å². The lowest BCUT2D eigenvalue weighted by atomic mass is 10.2. The fraction of sp³-hybridized carbons (Fsp3) is 0.389. The van der Waals surface area contributed by atoms with E-state index >= 15 is 0 Å². The molecule has 0 aliphatic carbocycles. The molecule has 2 amide bonds. The monoisotopic (exact) mass is 363 g/mol. The summed E-state index contributed by atoms with van der Waals surface area (Å²) in [4.78, 5) is 29.1. The topological polar surface area (TPSA) is 71.1 Å². The van der Waals surface area contributed by atoms with Crippen molar-refractivity contribution in [3.05, 3.63) is 45.2 Å². The van der Waals surface area contributed by atoms with E-state index in [2.05, 4.69) is 15.6 Å². The fourth-order valence-electron chi connectivity index (χ4n) is 2.13.